The maximum absolute atomic E-state index is 11.9. The van der Waals surface area contributed by atoms with Gasteiger partial charge in [0.25, 0.3) is 5.91 Å². The standard InChI is InChI=1S/C10H13ClN2O2S/c11-8-2-1-7(16-8)9(14)10(15)13-5-3-12-4-6-13/h1-2,9,12,14H,3-6H2. The number of amides is 1. The number of carbonyl (C=O) groups excluding carboxylic acids is 1. The first-order valence-corrected chi connectivity index (χ1v) is 6.31. The molecule has 1 saturated heterocycles. The number of hydrogen-bond acceptors (Lipinski definition) is 4. The Morgan fingerprint density at radius 3 is 2.75 bits per heavy atom. The summed E-state index contributed by atoms with van der Waals surface area (Å²) in [4.78, 5) is 14.2. The summed E-state index contributed by atoms with van der Waals surface area (Å²) in [6.45, 7) is 2.86. The molecule has 0 aromatic carbocycles. The van der Waals surface area contributed by atoms with Crippen molar-refractivity contribution in [1.29, 1.82) is 0 Å². The fourth-order valence-electron chi connectivity index (χ4n) is 1.66. The van der Waals surface area contributed by atoms with E-state index in [1.807, 2.05) is 0 Å². The monoisotopic (exact) mass is 260 g/mol. The van der Waals surface area contributed by atoms with E-state index in [-0.39, 0.29) is 5.91 Å². The van der Waals surface area contributed by atoms with E-state index < -0.39 is 6.10 Å². The van der Waals surface area contributed by atoms with Gasteiger partial charge in [0.2, 0.25) is 0 Å². The molecule has 0 radical (unpaired) electrons. The van der Waals surface area contributed by atoms with E-state index in [4.69, 9.17) is 11.6 Å². The van der Waals surface area contributed by atoms with Crippen molar-refractivity contribution >= 4 is 28.8 Å². The van der Waals surface area contributed by atoms with Gasteiger partial charge in [-0.25, -0.2) is 0 Å². The summed E-state index contributed by atoms with van der Waals surface area (Å²) in [5.41, 5.74) is 0. The Balaban J connectivity index is 2.03. The van der Waals surface area contributed by atoms with Gasteiger partial charge in [-0.1, -0.05) is 11.6 Å². The third-order valence-corrected chi connectivity index (χ3v) is 3.81. The predicted octanol–water partition coefficient (Wildman–Crippen LogP) is 0.867. The Morgan fingerprint density at radius 2 is 2.19 bits per heavy atom. The average molecular weight is 261 g/mol. The third-order valence-electron chi connectivity index (χ3n) is 2.53. The van der Waals surface area contributed by atoms with Crippen molar-refractivity contribution < 1.29 is 9.90 Å². The molecule has 16 heavy (non-hydrogen) atoms. The average Bonchev–Trinajstić information content (AvgIpc) is 2.75. The van der Waals surface area contributed by atoms with Crippen LogP contribution in [0.1, 0.15) is 11.0 Å². The molecule has 1 unspecified atom stereocenters. The molecule has 1 aromatic rings. The number of thiophene rings is 1. The zero-order valence-electron chi connectivity index (χ0n) is 8.65. The minimum atomic E-state index is -1.07. The van der Waals surface area contributed by atoms with Crippen LogP contribution in [-0.2, 0) is 4.79 Å². The Hall–Kier alpha value is -0.620. The number of aliphatic hydroxyl groups excluding tert-OH is 1. The lowest BCUT2D eigenvalue weighted by Gasteiger charge is -2.28. The molecular weight excluding hydrogens is 248 g/mol. The van der Waals surface area contributed by atoms with Crippen molar-refractivity contribution in [2.24, 2.45) is 0 Å². The lowest BCUT2D eigenvalue weighted by atomic mass is 10.2. The molecule has 1 fully saturated rings. The van der Waals surface area contributed by atoms with Gasteiger partial charge in [0.05, 0.1) is 4.34 Å². The fourth-order valence-corrected chi connectivity index (χ4v) is 2.70. The van der Waals surface area contributed by atoms with Crippen LogP contribution in [0.3, 0.4) is 0 Å². The van der Waals surface area contributed by atoms with Gasteiger partial charge < -0.3 is 15.3 Å². The first kappa shape index (κ1) is 11.9. The number of hydrogen-bond donors (Lipinski definition) is 2. The molecular formula is C10H13ClN2O2S. The largest absolute Gasteiger partial charge is 0.378 e. The van der Waals surface area contributed by atoms with Crippen molar-refractivity contribution in [3.05, 3.63) is 21.3 Å². The van der Waals surface area contributed by atoms with Crippen LogP contribution in [0.4, 0.5) is 0 Å². The van der Waals surface area contributed by atoms with Gasteiger partial charge in [0.15, 0.2) is 6.10 Å². The number of carbonyl (C=O) groups is 1. The summed E-state index contributed by atoms with van der Waals surface area (Å²) in [6.07, 6.45) is -1.07. The smallest absolute Gasteiger partial charge is 0.256 e. The summed E-state index contributed by atoms with van der Waals surface area (Å²) in [5, 5.41) is 13.1. The molecule has 0 bridgehead atoms. The second kappa shape index (κ2) is 5.14. The highest BCUT2D eigenvalue weighted by Gasteiger charge is 2.25. The minimum absolute atomic E-state index is 0.236. The highest BCUT2D eigenvalue weighted by molar-refractivity contribution is 7.16. The van der Waals surface area contributed by atoms with Crippen molar-refractivity contribution in [3.63, 3.8) is 0 Å². The molecule has 2 rings (SSSR count). The third kappa shape index (κ3) is 2.55. The van der Waals surface area contributed by atoms with E-state index in [0.717, 1.165) is 13.1 Å². The van der Waals surface area contributed by atoms with E-state index in [1.165, 1.54) is 11.3 Å². The number of nitrogens with one attached hydrogen (secondary N) is 1. The maximum Gasteiger partial charge on any atom is 0.256 e. The summed E-state index contributed by atoms with van der Waals surface area (Å²) in [6, 6.07) is 3.38. The van der Waals surface area contributed by atoms with Gasteiger partial charge in [-0.15, -0.1) is 11.3 Å². The van der Waals surface area contributed by atoms with Crippen molar-refractivity contribution in [2.45, 2.75) is 6.10 Å². The zero-order chi connectivity index (χ0) is 11.5. The van der Waals surface area contributed by atoms with E-state index in [9.17, 15) is 9.90 Å². The number of piperazine rings is 1. The van der Waals surface area contributed by atoms with Crippen LogP contribution in [0.15, 0.2) is 12.1 Å². The predicted molar refractivity (Wildman–Crippen MR) is 63.7 cm³/mol. The van der Waals surface area contributed by atoms with E-state index >= 15 is 0 Å². The van der Waals surface area contributed by atoms with Crippen LogP contribution in [-0.4, -0.2) is 42.1 Å². The zero-order valence-corrected chi connectivity index (χ0v) is 10.2. The van der Waals surface area contributed by atoms with E-state index in [1.54, 1.807) is 17.0 Å². The lowest BCUT2D eigenvalue weighted by Crippen LogP contribution is -2.47. The van der Waals surface area contributed by atoms with Gasteiger partial charge in [-0.3, -0.25) is 4.79 Å². The topological polar surface area (TPSA) is 52.6 Å². The quantitative estimate of drug-likeness (QED) is 0.830. The van der Waals surface area contributed by atoms with Gasteiger partial charge >= 0.3 is 0 Å². The summed E-state index contributed by atoms with van der Waals surface area (Å²) in [5.74, 6) is -0.236. The van der Waals surface area contributed by atoms with Gasteiger partial charge in [-0.2, -0.15) is 0 Å². The molecule has 2 N–H and O–H groups in total. The molecule has 0 saturated carbocycles. The van der Waals surface area contributed by atoms with Crippen LogP contribution in [0.25, 0.3) is 0 Å². The van der Waals surface area contributed by atoms with Gasteiger partial charge in [0, 0.05) is 31.1 Å². The van der Waals surface area contributed by atoms with Crippen LogP contribution < -0.4 is 5.32 Å². The molecule has 1 amide bonds. The molecule has 1 aromatic heterocycles. The summed E-state index contributed by atoms with van der Waals surface area (Å²) in [7, 11) is 0. The highest BCUT2D eigenvalue weighted by atomic mass is 35.5. The molecule has 4 nitrogen and oxygen atoms in total. The fraction of sp³-hybridized carbons (Fsp3) is 0.500. The minimum Gasteiger partial charge on any atom is -0.378 e. The highest BCUT2D eigenvalue weighted by Crippen LogP contribution is 2.27. The van der Waals surface area contributed by atoms with Gasteiger partial charge in [0.1, 0.15) is 0 Å². The number of rotatable bonds is 2. The van der Waals surface area contributed by atoms with Crippen LogP contribution in [0, 0.1) is 0 Å². The first-order valence-electron chi connectivity index (χ1n) is 5.11. The summed E-state index contributed by atoms with van der Waals surface area (Å²) >= 11 is 7.01. The molecule has 2 heterocycles. The van der Waals surface area contributed by atoms with Crippen LogP contribution >= 0.6 is 22.9 Å². The van der Waals surface area contributed by atoms with E-state index in [0.29, 0.717) is 22.3 Å². The first-order chi connectivity index (χ1) is 7.68. The second-order valence-corrected chi connectivity index (χ2v) is 5.37. The number of nitrogens with zero attached hydrogens (tertiary/aromatic N) is 1. The van der Waals surface area contributed by atoms with Crippen molar-refractivity contribution in [1.82, 2.24) is 10.2 Å². The molecule has 1 aliphatic heterocycles. The number of aliphatic hydroxyl groups is 1. The number of halogens is 1. The van der Waals surface area contributed by atoms with Crippen LogP contribution in [0.5, 0.6) is 0 Å². The Morgan fingerprint density at radius 1 is 1.50 bits per heavy atom. The lowest BCUT2D eigenvalue weighted by molar-refractivity contribution is -0.140. The van der Waals surface area contributed by atoms with Crippen molar-refractivity contribution in [3.8, 4) is 0 Å². The normalized spacial score (nSPS) is 18.5. The summed E-state index contributed by atoms with van der Waals surface area (Å²) < 4.78 is 0.585. The van der Waals surface area contributed by atoms with Crippen molar-refractivity contribution in [2.75, 3.05) is 26.2 Å². The Bertz CT molecular complexity index is 377. The second-order valence-electron chi connectivity index (χ2n) is 3.62. The molecule has 0 spiro atoms. The molecule has 1 aliphatic rings. The van der Waals surface area contributed by atoms with E-state index in [2.05, 4.69) is 5.32 Å². The SMILES string of the molecule is O=C(C(O)c1ccc(Cl)s1)N1CCNCC1. The van der Waals surface area contributed by atoms with Gasteiger partial charge in [-0.05, 0) is 12.1 Å². The molecule has 0 aliphatic carbocycles. The Kier molecular flexibility index (Phi) is 3.81. The molecule has 6 heteroatoms. The van der Waals surface area contributed by atoms with Crippen LogP contribution in [0.2, 0.25) is 4.34 Å². The molecule has 88 valence electrons. The Labute approximate surface area is 103 Å². The molecule has 1 atom stereocenters. The maximum atomic E-state index is 11.9.